The molecule has 1 amide bonds. The van der Waals surface area contributed by atoms with E-state index in [0.717, 1.165) is 9.74 Å². The van der Waals surface area contributed by atoms with Crippen LogP contribution in [-0.2, 0) is 11.5 Å². The zero-order valence-corrected chi connectivity index (χ0v) is 24.7. The van der Waals surface area contributed by atoms with Crippen molar-refractivity contribution in [2.45, 2.75) is 32.4 Å². The Balaban J connectivity index is 1.72. The van der Waals surface area contributed by atoms with Crippen molar-refractivity contribution in [2.75, 3.05) is 11.9 Å². The second kappa shape index (κ2) is 11.5. The number of amides is 1. The first-order chi connectivity index (χ1) is 17.1. The van der Waals surface area contributed by atoms with Crippen LogP contribution in [0.4, 0.5) is 5.69 Å². The van der Waals surface area contributed by atoms with Crippen molar-refractivity contribution in [1.29, 1.82) is 0 Å². The highest BCUT2D eigenvalue weighted by Gasteiger charge is 2.23. The molecule has 0 saturated heterocycles. The summed E-state index contributed by atoms with van der Waals surface area (Å²) in [6.45, 7) is 7.99. The number of nitrogens with one attached hydrogen (secondary N) is 1. The third-order valence-corrected chi connectivity index (χ3v) is 8.57. The zero-order valence-electron chi connectivity index (χ0n) is 20.0. The van der Waals surface area contributed by atoms with E-state index < -0.39 is 14.0 Å². The Morgan fingerprint density at radius 3 is 2.56 bits per heavy atom. The summed E-state index contributed by atoms with van der Waals surface area (Å²) in [6, 6.07) is 11.5. The number of carbonyl (C=O) groups is 1. The Bertz CT molecular complexity index is 1370. The average Bonchev–Trinajstić information content (AvgIpc) is 3.15. The zero-order chi connectivity index (χ0) is 25.9. The number of hydrogen-bond donors (Lipinski definition) is 1. The van der Waals surface area contributed by atoms with Gasteiger partial charge in [0, 0.05) is 27.1 Å². The maximum Gasteiger partial charge on any atom is 0.261 e. The van der Waals surface area contributed by atoms with E-state index in [1.54, 1.807) is 42.7 Å². The van der Waals surface area contributed by atoms with Crippen LogP contribution in [0.3, 0.4) is 0 Å². The molecule has 0 aliphatic carbocycles. The van der Waals surface area contributed by atoms with Gasteiger partial charge in [0.05, 0.1) is 31.0 Å². The second-order valence-electron chi connectivity index (χ2n) is 9.32. The summed E-state index contributed by atoms with van der Waals surface area (Å²) in [5, 5.41) is 4.13. The first kappa shape index (κ1) is 26.9. The van der Waals surface area contributed by atoms with Gasteiger partial charge in [0.15, 0.2) is 5.75 Å². The Labute approximate surface area is 234 Å². The van der Waals surface area contributed by atoms with Crippen LogP contribution in [0.15, 0.2) is 55.0 Å². The molecule has 188 valence electrons. The highest BCUT2D eigenvalue weighted by Crippen LogP contribution is 2.36. The normalized spacial score (nSPS) is 11.6. The summed E-state index contributed by atoms with van der Waals surface area (Å²) < 4.78 is 15.0. The number of fused-ring (bicyclic) bond motifs is 1. The number of anilines is 1. The molecule has 7 nitrogen and oxygen atoms in total. The van der Waals surface area contributed by atoms with E-state index in [4.69, 9.17) is 32.7 Å². The van der Waals surface area contributed by atoms with Crippen molar-refractivity contribution < 1.29 is 14.3 Å². The van der Waals surface area contributed by atoms with Gasteiger partial charge in [-0.1, -0.05) is 48.9 Å². The number of rotatable bonds is 9. The van der Waals surface area contributed by atoms with Crippen molar-refractivity contribution in [3.8, 4) is 11.5 Å². The molecule has 0 aliphatic heterocycles. The van der Waals surface area contributed by atoms with Gasteiger partial charge in [-0.05, 0) is 59.0 Å². The number of pyridine rings is 2. The molecular weight excluding hydrogens is 630 g/mol. The lowest BCUT2D eigenvalue weighted by Gasteiger charge is -2.16. The molecule has 1 N–H and O–H groups in total. The minimum atomic E-state index is -1.20. The van der Waals surface area contributed by atoms with Crippen molar-refractivity contribution in [3.63, 3.8) is 0 Å². The Kier molecular flexibility index (Phi) is 8.56. The Morgan fingerprint density at radius 1 is 1.14 bits per heavy atom. The summed E-state index contributed by atoms with van der Waals surface area (Å²) in [7, 11) is -1.20. The van der Waals surface area contributed by atoms with Gasteiger partial charge in [0.2, 0.25) is 0 Å². The van der Waals surface area contributed by atoms with Gasteiger partial charge in [-0.3, -0.25) is 14.3 Å². The molecule has 3 aromatic heterocycles. The predicted molar refractivity (Wildman–Crippen MR) is 155 cm³/mol. The highest BCUT2D eigenvalue weighted by molar-refractivity contribution is 14.1. The third-order valence-electron chi connectivity index (χ3n) is 5.34. The molecule has 0 unspecified atom stereocenters. The van der Waals surface area contributed by atoms with Crippen LogP contribution in [0.5, 0.6) is 11.5 Å². The number of ether oxygens (including phenoxy) is 2. The molecule has 4 rings (SSSR count). The number of hydrogen-bond acceptors (Lipinski definition) is 5. The molecule has 11 heteroatoms. The Hall–Kier alpha value is -2.18. The number of benzene rings is 1. The van der Waals surface area contributed by atoms with E-state index in [2.05, 4.69) is 57.5 Å². The van der Waals surface area contributed by atoms with Crippen molar-refractivity contribution in [1.82, 2.24) is 14.5 Å². The van der Waals surface area contributed by atoms with Crippen LogP contribution in [0.25, 0.3) is 11.0 Å². The number of halogens is 3. The van der Waals surface area contributed by atoms with E-state index in [9.17, 15) is 4.79 Å². The van der Waals surface area contributed by atoms with Crippen molar-refractivity contribution >= 4 is 76.5 Å². The van der Waals surface area contributed by atoms with E-state index >= 15 is 0 Å². The standard InChI is InChI=1S/C25H25Cl2IN4O3Si/c1-36(2,3)11-10-34-15-32-21(28)12-17-23(35-16-6-5-9-29-13-16)18(14-30-24(17)32)25(33)31-22-19(26)7-4-8-20(22)27/h4-9,12-14H,10-11,15H2,1-3H3,(H,31,33). The lowest BCUT2D eigenvalue weighted by atomic mass is 10.2. The maximum absolute atomic E-state index is 13.4. The molecular formula is C25H25Cl2IN4O3Si. The largest absolute Gasteiger partial charge is 0.454 e. The van der Waals surface area contributed by atoms with E-state index in [1.165, 1.54) is 6.20 Å². The van der Waals surface area contributed by atoms with Crippen LogP contribution in [-0.4, -0.2) is 35.1 Å². The lowest BCUT2D eigenvalue weighted by Crippen LogP contribution is -2.22. The highest BCUT2D eigenvalue weighted by atomic mass is 127. The van der Waals surface area contributed by atoms with Crippen LogP contribution in [0.1, 0.15) is 10.4 Å². The predicted octanol–water partition coefficient (Wildman–Crippen LogP) is 7.70. The van der Waals surface area contributed by atoms with Crippen LogP contribution < -0.4 is 10.1 Å². The molecule has 3 heterocycles. The fourth-order valence-electron chi connectivity index (χ4n) is 3.40. The summed E-state index contributed by atoms with van der Waals surface area (Å²) in [5.41, 5.74) is 1.20. The molecule has 36 heavy (non-hydrogen) atoms. The van der Waals surface area contributed by atoms with Gasteiger partial charge in [-0.25, -0.2) is 4.98 Å². The first-order valence-corrected chi connectivity index (χ1v) is 16.8. The fraction of sp³-hybridized carbons (Fsp3) is 0.240. The van der Waals surface area contributed by atoms with E-state index in [-0.39, 0.29) is 5.56 Å². The molecule has 0 radical (unpaired) electrons. The van der Waals surface area contributed by atoms with Gasteiger partial charge < -0.3 is 14.8 Å². The van der Waals surface area contributed by atoms with Gasteiger partial charge in [0.1, 0.15) is 23.7 Å². The second-order valence-corrected chi connectivity index (χ2v) is 16.9. The molecule has 0 atom stereocenters. The van der Waals surface area contributed by atoms with Gasteiger partial charge >= 0.3 is 0 Å². The quantitative estimate of drug-likeness (QED) is 0.114. The summed E-state index contributed by atoms with van der Waals surface area (Å²) in [4.78, 5) is 22.1. The molecule has 0 fully saturated rings. The van der Waals surface area contributed by atoms with Crippen LogP contribution >= 0.6 is 45.8 Å². The lowest BCUT2D eigenvalue weighted by molar-refractivity contribution is 0.0883. The van der Waals surface area contributed by atoms with Gasteiger partial charge in [0.25, 0.3) is 5.91 Å². The van der Waals surface area contributed by atoms with E-state index in [0.29, 0.717) is 51.6 Å². The van der Waals surface area contributed by atoms with Gasteiger partial charge in [-0.2, -0.15) is 0 Å². The number of carbonyl (C=O) groups excluding carboxylic acids is 1. The SMILES string of the molecule is C[Si](C)(C)CCOCn1c(I)cc2c(Oc3cccnc3)c(C(=O)Nc3c(Cl)cccc3Cl)cnc21. The summed E-state index contributed by atoms with van der Waals surface area (Å²) >= 11 is 14.8. The fourth-order valence-corrected chi connectivity index (χ4v) is 5.32. The summed E-state index contributed by atoms with van der Waals surface area (Å²) in [6.07, 6.45) is 4.72. The van der Waals surface area contributed by atoms with Crippen molar-refractivity contribution in [2.24, 2.45) is 0 Å². The van der Waals surface area contributed by atoms with Crippen molar-refractivity contribution in [3.05, 3.63) is 74.3 Å². The monoisotopic (exact) mass is 654 g/mol. The minimum absolute atomic E-state index is 0.232. The third kappa shape index (κ3) is 6.38. The molecule has 0 bridgehead atoms. The van der Waals surface area contributed by atoms with Crippen LogP contribution in [0, 0.1) is 3.70 Å². The van der Waals surface area contributed by atoms with Crippen LogP contribution in [0.2, 0.25) is 35.7 Å². The smallest absolute Gasteiger partial charge is 0.261 e. The molecule has 1 aromatic carbocycles. The minimum Gasteiger partial charge on any atom is -0.454 e. The average molecular weight is 655 g/mol. The Morgan fingerprint density at radius 2 is 1.89 bits per heavy atom. The molecule has 0 aliphatic rings. The topological polar surface area (TPSA) is 78.3 Å². The maximum atomic E-state index is 13.4. The van der Waals surface area contributed by atoms with Gasteiger partial charge in [-0.15, -0.1) is 0 Å². The molecule has 4 aromatic rings. The number of nitrogens with zero attached hydrogens (tertiary/aromatic N) is 3. The molecule has 0 saturated carbocycles. The molecule has 0 spiro atoms. The number of para-hydroxylation sites is 1. The van der Waals surface area contributed by atoms with E-state index in [1.807, 2.05) is 10.6 Å². The number of aromatic nitrogens is 3. The first-order valence-electron chi connectivity index (χ1n) is 11.2. The summed E-state index contributed by atoms with van der Waals surface area (Å²) in [5.74, 6) is 0.392.